The number of methoxy groups -OCH3 is 1. The van der Waals surface area contributed by atoms with E-state index < -0.39 is 0 Å². The van der Waals surface area contributed by atoms with Gasteiger partial charge >= 0.3 is 0 Å². The Morgan fingerprint density at radius 3 is 2.59 bits per heavy atom. The first-order valence-electron chi connectivity index (χ1n) is 7.53. The van der Waals surface area contributed by atoms with Crippen LogP contribution >= 0.6 is 11.6 Å². The second kappa shape index (κ2) is 7.03. The van der Waals surface area contributed by atoms with Gasteiger partial charge in [-0.15, -0.1) is 0 Å². The predicted octanol–water partition coefficient (Wildman–Crippen LogP) is 4.18. The molecule has 116 valence electrons. The van der Waals surface area contributed by atoms with E-state index in [1.165, 1.54) is 12.8 Å². The van der Waals surface area contributed by atoms with E-state index in [0.29, 0.717) is 29.2 Å². The van der Waals surface area contributed by atoms with Gasteiger partial charge in [-0.2, -0.15) is 0 Å². The van der Waals surface area contributed by atoms with Crippen LogP contribution in [-0.2, 0) is 13.2 Å². The molecule has 0 unspecified atom stereocenters. The molecule has 1 aliphatic carbocycles. The van der Waals surface area contributed by atoms with E-state index in [1.54, 1.807) is 7.11 Å². The lowest BCUT2D eigenvalue weighted by molar-refractivity contribution is 0.284. The number of benzene rings is 2. The molecular weight excluding hydrogens is 298 g/mol. The quantitative estimate of drug-likeness (QED) is 0.831. The molecule has 0 heterocycles. The average molecular weight is 318 g/mol. The minimum atomic E-state index is 0.493. The summed E-state index contributed by atoms with van der Waals surface area (Å²) in [4.78, 5) is 0. The molecule has 22 heavy (non-hydrogen) atoms. The Kier molecular flexibility index (Phi) is 4.86. The fourth-order valence-electron chi connectivity index (χ4n) is 2.26. The molecule has 0 aromatic heterocycles. The summed E-state index contributed by atoms with van der Waals surface area (Å²) in [5, 5.41) is 4.17. The fraction of sp³-hybridized carbons (Fsp3) is 0.333. The highest BCUT2D eigenvalue weighted by atomic mass is 35.5. The van der Waals surface area contributed by atoms with Gasteiger partial charge in [-0.05, 0) is 30.0 Å². The van der Waals surface area contributed by atoms with Crippen LogP contribution in [0, 0.1) is 0 Å². The first kappa shape index (κ1) is 15.2. The van der Waals surface area contributed by atoms with Gasteiger partial charge in [-0.1, -0.05) is 41.9 Å². The summed E-state index contributed by atoms with van der Waals surface area (Å²) in [6.45, 7) is 1.26. The molecule has 0 atom stereocenters. The van der Waals surface area contributed by atoms with Gasteiger partial charge in [0.25, 0.3) is 0 Å². The summed E-state index contributed by atoms with van der Waals surface area (Å²) >= 11 is 6.37. The molecular formula is C18H20ClNO2. The molecule has 2 aromatic carbocycles. The van der Waals surface area contributed by atoms with Crippen LogP contribution in [0.3, 0.4) is 0 Å². The first-order valence-corrected chi connectivity index (χ1v) is 7.90. The number of halogens is 1. The van der Waals surface area contributed by atoms with E-state index in [1.807, 2.05) is 42.5 Å². The SMILES string of the molecule is COc1cc(CNC2CC2)c(Cl)cc1OCc1ccccc1. The highest BCUT2D eigenvalue weighted by Crippen LogP contribution is 2.34. The van der Waals surface area contributed by atoms with Crippen molar-refractivity contribution in [1.82, 2.24) is 5.32 Å². The van der Waals surface area contributed by atoms with Gasteiger partial charge in [-0.3, -0.25) is 0 Å². The van der Waals surface area contributed by atoms with Gasteiger partial charge in [0, 0.05) is 23.7 Å². The molecule has 1 aliphatic rings. The van der Waals surface area contributed by atoms with Crippen molar-refractivity contribution in [3.05, 3.63) is 58.6 Å². The predicted molar refractivity (Wildman–Crippen MR) is 88.6 cm³/mol. The summed E-state index contributed by atoms with van der Waals surface area (Å²) in [6, 6.07) is 14.5. The van der Waals surface area contributed by atoms with Crippen molar-refractivity contribution < 1.29 is 9.47 Å². The summed E-state index contributed by atoms with van der Waals surface area (Å²) in [6.07, 6.45) is 2.51. The third-order valence-corrected chi connectivity index (χ3v) is 4.08. The lowest BCUT2D eigenvalue weighted by atomic mass is 10.2. The van der Waals surface area contributed by atoms with Crippen molar-refractivity contribution in [1.29, 1.82) is 0 Å². The zero-order valence-electron chi connectivity index (χ0n) is 12.6. The van der Waals surface area contributed by atoms with Gasteiger partial charge in [0.05, 0.1) is 7.11 Å². The third-order valence-electron chi connectivity index (χ3n) is 3.73. The maximum absolute atomic E-state index is 6.37. The van der Waals surface area contributed by atoms with Crippen LogP contribution in [0.2, 0.25) is 5.02 Å². The molecule has 0 amide bonds. The van der Waals surface area contributed by atoms with Gasteiger partial charge < -0.3 is 14.8 Å². The molecule has 1 fully saturated rings. The highest BCUT2D eigenvalue weighted by Gasteiger charge is 2.21. The van der Waals surface area contributed by atoms with Crippen LogP contribution in [-0.4, -0.2) is 13.2 Å². The monoisotopic (exact) mass is 317 g/mol. The first-order chi connectivity index (χ1) is 10.8. The third kappa shape index (κ3) is 3.93. The van der Waals surface area contributed by atoms with Crippen molar-refractivity contribution in [3.8, 4) is 11.5 Å². The Labute approximate surface area is 136 Å². The zero-order valence-corrected chi connectivity index (χ0v) is 13.4. The number of nitrogens with one attached hydrogen (secondary N) is 1. The molecule has 3 nitrogen and oxygen atoms in total. The number of hydrogen-bond acceptors (Lipinski definition) is 3. The Bertz CT molecular complexity index is 626. The second-order valence-electron chi connectivity index (χ2n) is 5.52. The van der Waals surface area contributed by atoms with Crippen LogP contribution in [0.4, 0.5) is 0 Å². The van der Waals surface area contributed by atoms with E-state index in [0.717, 1.165) is 17.7 Å². The largest absolute Gasteiger partial charge is 0.493 e. The zero-order chi connectivity index (χ0) is 15.4. The molecule has 2 aromatic rings. The van der Waals surface area contributed by atoms with Gasteiger partial charge in [-0.25, -0.2) is 0 Å². The standard InChI is InChI=1S/C18H20ClNO2/c1-21-17-9-14(11-20-15-7-8-15)16(19)10-18(17)22-12-13-5-3-2-4-6-13/h2-6,9-10,15,20H,7-8,11-12H2,1H3. The second-order valence-corrected chi connectivity index (χ2v) is 5.93. The summed E-state index contributed by atoms with van der Waals surface area (Å²) in [7, 11) is 1.65. The normalized spacial score (nSPS) is 13.9. The molecule has 1 N–H and O–H groups in total. The summed E-state index contributed by atoms with van der Waals surface area (Å²) < 4.78 is 11.3. The topological polar surface area (TPSA) is 30.5 Å². The molecule has 0 radical (unpaired) electrons. The van der Waals surface area contributed by atoms with E-state index in [-0.39, 0.29) is 0 Å². The molecule has 1 saturated carbocycles. The molecule has 0 spiro atoms. The molecule has 3 rings (SSSR count). The van der Waals surface area contributed by atoms with Crippen molar-refractivity contribution >= 4 is 11.6 Å². The lowest BCUT2D eigenvalue weighted by Crippen LogP contribution is -2.15. The summed E-state index contributed by atoms with van der Waals surface area (Å²) in [5.74, 6) is 1.39. The Hall–Kier alpha value is -1.71. The van der Waals surface area contributed by atoms with E-state index >= 15 is 0 Å². The van der Waals surface area contributed by atoms with Crippen molar-refractivity contribution in [3.63, 3.8) is 0 Å². The number of hydrogen-bond donors (Lipinski definition) is 1. The van der Waals surface area contributed by atoms with E-state index in [9.17, 15) is 0 Å². The summed E-state index contributed by atoms with van der Waals surface area (Å²) in [5.41, 5.74) is 2.15. The van der Waals surface area contributed by atoms with Crippen molar-refractivity contribution in [2.45, 2.75) is 32.0 Å². The number of ether oxygens (including phenoxy) is 2. The fourth-order valence-corrected chi connectivity index (χ4v) is 2.48. The van der Waals surface area contributed by atoms with Crippen LogP contribution in [0.25, 0.3) is 0 Å². The minimum Gasteiger partial charge on any atom is -0.493 e. The van der Waals surface area contributed by atoms with E-state index in [4.69, 9.17) is 21.1 Å². The van der Waals surface area contributed by atoms with Crippen LogP contribution in [0.1, 0.15) is 24.0 Å². The number of rotatable bonds is 7. The smallest absolute Gasteiger partial charge is 0.163 e. The molecule has 0 saturated heterocycles. The average Bonchev–Trinajstić information content (AvgIpc) is 3.37. The van der Waals surface area contributed by atoms with E-state index in [2.05, 4.69) is 5.32 Å². The molecule has 4 heteroatoms. The highest BCUT2D eigenvalue weighted by molar-refractivity contribution is 6.31. The van der Waals surface area contributed by atoms with Crippen molar-refractivity contribution in [2.24, 2.45) is 0 Å². The Balaban J connectivity index is 1.70. The molecule has 0 aliphatic heterocycles. The van der Waals surface area contributed by atoms with Crippen molar-refractivity contribution in [2.75, 3.05) is 7.11 Å². The van der Waals surface area contributed by atoms with Crippen LogP contribution < -0.4 is 14.8 Å². The van der Waals surface area contributed by atoms with Gasteiger partial charge in [0.1, 0.15) is 6.61 Å². The maximum atomic E-state index is 6.37. The Morgan fingerprint density at radius 1 is 1.14 bits per heavy atom. The Morgan fingerprint density at radius 2 is 1.91 bits per heavy atom. The van der Waals surface area contributed by atoms with Gasteiger partial charge in [0.15, 0.2) is 11.5 Å². The lowest BCUT2D eigenvalue weighted by Gasteiger charge is -2.14. The maximum Gasteiger partial charge on any atom is 0.163 e. The van der Waals surface area contributed by atoms with Crippen LogP contribution in [0.5, 0.6) is 11.5 Å². The minimum absolute atomic E-state index is 0.493. The molecule has 0 bridgehead atoms. The van der Waals surface area contributed by atoms with Gasteiger partial charge in [0.2, 0.25) is 0 Å². The van der Waals surface area contributed by atoms with Crippen LogP contribution in [0.15, 0.2) is 42.5 Å².